The minimum absolute atomic E-state index is 0.0691. The molecule has 0 unspecified atom stereocenters. The predicted molar refractivity (Wildman–Crippen MR) is 80.4 cm³/mol. The van der Waals surface area contributed by atoms with E-state index in [4.69, 9.17) is 11.6 Å². The Morgan fingerprint density at radius 1 is 1.45 bits per heavy atom. The van der Waals surface area contributed by atoms with E-state index in [9.17, 15) is 17.6 Å². The molecule has 1 heterocycles. The van der Waals surface area contributed by atoms with Gasteiger partial charge in [-0.15, -0.1) is 16.2 Å². The number of carbonyl (C=O) groups excluding carboxylic acids is 1. The summed E-state index contributed by atoms with van der Waals surface area (Å²) in [7, 11) is -4.22. The van der Waals surface area contributed by atoms with Crippen LogP contribution in [0, 0.1) is 12.7 Å². The van der Waals surface area contributed by atoms with Gasteiger partial charge >= 0.3 is 0 Å². The van der Waals surface area contributed by atoms with E-state index < -0.39 is 26.6 Å². The summed E-state index contributed by atoms with van der Waals surface area (Å²) < 4.78 is 37.4. The van der Waals surface area contributed by atoms with E-state index in [1.54, 1.807) is 12.3 Å². The molecule has 1 aromatic carbocycles. The van der Waals surface area contributed by atoms with Crippen LogP contribution >= 0.6 is 22.9 Å². The predicted octanol–water partition coefficient (Wildman–Crippen LogP) is 1.80. The first-order valence-corrected chi connectivity index (χ1v) is 8.69. The molecule has 0 aliphatic rings. The molecule has 6 nitrogen and oxygen atoms in total. The summed E-state index contributed by atoms with van der Waals surface area (Å²) in [6.07, 6.45) is -0.0792. The van der Waals surface area contributed by atoms with Crippen molar-refractivity contribution < 1.29 is 17.6 Å². The van der Waals surface area contributed by atoms with Gasteiger partial charge in [-0.05, 0) is 25.1 Å². The van der Waals surface area contributed by atoms with Crippen LogP contribution in [0.5, 0.6) is 0 Å². The van der Waals surface area contributed by atoms with E-state index in [0.717, 1.165) is 17.8 Å². The SMILES string of the molecule is Cc1csc(CC(=O)NNS(=O)(=O)c2ccc(Cl)cc2F)n1. The molecule has 0 spiro atoms. The van der Waals surface area contributed by atoms with Crippen LogP contribution in [0.3, 0.4) is 0 Å². The van der Waals surface area contributed by atoms with Crippen LogP contribution in [0.4, 0.5) is 4.39 Å². The van der Waals surface area contributed by atoms with Crippen LogP contribution in [-0.2, 0) is 21.2 Å². The smallest absolute Gasteiger partial charge is 0.260 e. The average Bonchev–Trinajstić information content (AvgIpc) is 2.81. The molecule has 0 saturated carbocycles. The van der Waals surface area contributed by atoms with Crippen molar-refractivity contribution in [3.8, 4) is 0 Å². The van der Waals surface area contributed by atoms with Gasteiger partial charge in [0.2, 0.25) is 5.91 Å². The van der Waals surface area contributed by atoms with E-state index in [-0.39, 0.29) is 11.4 Å². The van der Waals surface area contributed by atoms with Gasteiger partial charge < -0.3 is 0 Å². The van der Waals surface area contributed by atoms with E-state index in [1.807, 2.05) is 10.3 Å². The number of hydrazine groups is 1. The third kappa shape index (κ3) is 4.23. The van der Waals surface area contributed by atoms with Crippen molar-refractivity contribution in [2.45, 2.75) is 18.2 Å². The summed E-state index contributed by atoms with van der Waals surface area (Å²) in [5, 5.41) is 2.39. The van der Waals surface area contributed by atoms with E-state index >= 15 is 0 Å². The highest BCUT2D eigenvalue weighted by Crippen LogP contribution is 2.18. The summed E-state index contributed by atoms with van der Waals surface area (Å²) >= 11 is 6.84. The number of rotatable bonds is 5. The number of sulfonamides is 1. The molecular weight excluding hydrogens is 353 g/mol. The zero-order valence-electron chi connectivity index (χ0n) is 11.3. The number of halogens is 2. The quantitative estimate of drug-likeness (QED) is 0.793. The second-order valence-electron chi connectivity index (χ2n) is 4.29. The molecule has 1 aromatic heterocycles. The Morgan fingerprint density at radius 3 is 2.77 bits per heavy atom. The molecule has 2 rings (SSSR count). The number of thiazole rings is 1. The lowest BCUT2D eigenvalue weighted by Gasteiger charge is -2.08. The number of carbonyl (C=O) groups is 1. The minimum atomic E-state index is -4.22. The summed E-state index contributed by atoms with van der Waals surface area (Å²) in [5.41, 5.74) is 2.79. The Bertz CT molecular complexity index is 808. The number of aromatic nitrogens is 1. The lowest BCUT2D eigenvalue weighted by molar-refractivity contribution is -0.120. The first kappa shape index (κ1) is 16.8. The molecule has 0 saturated heterocycles. The van der Waals surface area contributed by atoms with Gasteiger partial charge in [0.15, 0.2) is 0 Å². The van der Waals surface area contributed by atoms with Gasteiger partial charge in [0.05, 0.1) is 6.42 Å². The minimum Gasteiger partial charge on any atom is -0.277 e. The van der Waals surface area contributed by atoms with Crippen LogP contribution in [0.2, 0.25) is 5.02 Å². The zero-order chi connectivity index (χ0) is 16.3. The molecule has 2 N–H and O–H groups in total. The van der Waals surface area contributed by atoms with Crippen molar-refractivity contribution >= 4 is 38.9 Å². The number of benzene rings is 1. The monoisotopic (exact) mass is 363 g/mol. The second-order valence-corrected chi connectivity index (χ2v) is 7.32. The highest BCUT2D eigenvalue weighted by Gasteiger charge is 2.20. The lowest BCUT2D eigenvalue weighted by atomic mass is 10.3. The number of amides is 1. The van der Waals surface area contributed by atoms with Crippen molar-refractivity contribution in [2.24, 2.45) is 0 Å². The van der Waals surface area contributed by atoms with Crippen molar-refractivity contribution in [1.29, 1.82) is 0 Å². The van der Waals surface area contributed by atoms with Crippen LogP contribution in [-0.4, -0.2) is 19.3 Å². The third-order valence-electron chi connectivity index (χ3n) is 2.49. The molecule has 22 heavy (non-hydrogen) atoms. The second kappa shape index (κ2) is 6.69. The van der Waals surface area contributed by atoms with Gasteiger partial charge in [0.1, 0.15) is 15.7 Å². The molecule has 0 aliphatic heterocycles. The van der Waals surface area contributed by atoms with Crippen LogP contribution in [0.15, 0.2) is 28.5 Å². The van der Waals surface area contributed by atoms with Crippen molar-refractivity contribution in [3.05, 3.63) is 45.1 Å². The number of hydrogen-bond acceptors (Lipinski definition) is 5. The van der Waals surface area contributed by atoms with E-state index in [0.29, 0.717) is 5.01 Å². The van der Waals surface area contributed by atoms with Gasteiger partial charge in [0, 0.05) is 16.1 Å². The molecule has 0 aliphatic carbocycles. The molecule has 0 radical (unpaired) electrons. The third-order valence-corrected chi connectivity index (χ3v) is 4.97. The van der Waals surface area contributed by atoms with Crippen molar-refractivity contribution in [1.82, 2.24) is 15.2 Å². The molecule has 10 heteroatoms. The fourth-order valence-electron chi connectivity index (χ4n) is 1.54. The van der Waals surface area contributed by atoms with Crippen LogP contribution in [0.25, 0.3) is 0 Å². The van der Waals surface area contributed by atoms with Gasteiger partial charge in [-0.2, -0.15) is 0 Å². The Balaban J connectivity index is 2.01. The van der Waals surface area contributed by atoms with E-state index in [2.05, 4.69) is 4.98 Å². The summed E-state index contributed by atoms with van der Waals surface area (Å²) in [6, 6.07) is 3.12. The highest BCUT2D eigenvalue weighted by molar-refractivity contribution is 7.89. The zero-order valence-corrected chi connectivity index (χ0v) is 13.6. The normalized spacial score (nSPS) is 11.4. The molecular formula is C12H11ClFN3O3S2. The summed E-state index contributed by atoms with van der Waals surface area (Å²) in [4.78, 5) is 17.0. The van der Waals surface area contributed by atoms with Gasteiger partial charge in [0.25, 0.3) is 10.0 Å². The largest absolute Gasteiger partial charge is 0.277 e. The molecule has 1 amide bonds. The topological polar surface area (TPSA) is 88.2 Å². The number of aryl methyl sites for hydroxylation is 1. The van der Waals surface area contributed by atoms with Gasteiger partial charge in [-0.1, -0.05) is 11.6 Å². The standard InChI is InChI=1S/C12H11ClFN3O3S2/c1-7-6-21-12(15-7)5-11(18)16-17-22(19,20)10-3-2-8(13)4-9(10)14/h2-4,6,17H,5H2,1H3,(H,16,18). The fourth-order valence-corrected chi connectivity index (χ4v) is 3.39. The highest BCUT2D eigenvalue weighted by atomic mass is 35.5. The maximum Gasteiger partial charge on any atom is 0.260 e. The van der Waals surface area contributed by atoms with Crippen molar-refractivity contribution in [3.63, 3.8) is 0 Å². The molecule has 118 valence electrons. The Labute approximate surface area is 135 Å². The summed E-state index contributed by atoms with van der Waals surface area (Å²) in [6.45, 7) is 1.78. The molecule has 0 fully saturated rings. The van der Waals surface area contributed by atoms with Gasteiger partial charge in [-0.25, -0.2) is 17.8 Å². The van der Waals surface area contributed by atoms with E-state index in [1.165, 1.54) is 17.4 Å². The lowest BCUT2D eigenvalue weighted by Crippen LogP contribution is -2.42. The number of nitrogens with zero attached hydrogens (tertiary/aromatic N) is 1. The Morgan fingerprint density at radius 2 is 2.18 bits per heavy atom. The molecule has 0 bridgehead atoms. The maximum atomic E-state index is 13.6. The van der Waals surface area contributed by atoms with Crippen LogP contribution < -0.4 is 10.3 Å². The molecule has 2 aromatic rings. The Kier molecular flexibility index (Phi) is 5.12. The van der Waals surface area contributed by atoms with Crippen LogP contribution in [0.1, 0.15) is 10.7 Å². The maximum absolute atomic E-state index is 13.6. The number of nitrogens with one attached hydrogen (secondary N) is 2. The summed E-state index contributed by atoms with van der Waals surface area (Å²) in [5.74, 6) is -1.61. The molecule has 0 atom stereocenters. The van der Waals surface area contributed by atoms with Crippen molar-refractivity contribution in [2.75, 3.05) is 0 Å². The Hall–Kier alpha value is -1.55. The average molecular weight is 364 g/mol. The first-order valence-electron chi connectivity index (χ1n) is 5.94. The fraction of sp³-hybridized carbons (Fsp3) is 0.167. The van der Waals surface area contributed by atoms with Gasteiger partial charge in [-0.3, -0.25) is 10.2 Å². The first-order chi connectivity index (χ1) is 10.3. The number of hydrogen-bond donors (Lipinski definition) is 2.